The zero-order valence-corrected chi connectivity index (χ0v) is 18.8. The van der Waals surface area contributed by atoms with Crippen molar-refractivity contribution in [3.8, 4) is 0 Å². The van der Waals surface area contributed by atoms with Crippen LogP contribution in [-0.4, -0.2) is 29.7 Å². The number of hydrogen-bond donors (Lipinski definition) is 1. The number of carbonyl (C=O) groups is 1. The molecule has 5 saturated carbocycles. The summed E-state index contributed by atoms with van der Waals surface area (Å²) >= 11 is 0. The van der Waals surface area contributed by atoms with E-state index >= 15 is 0 Å². The number of methoxy groups -OCH3 is 1. The molecule has 1 N–H and O–H groups in total. The molecule has 5 aliphatic rings. The van der Waals surface area contributed by atoms with Crippen LogP contribution in [0.2, 0.25) is 0 Å². The second-order valence-corrected chi connectivity index (χ2v) is 12.4. The van der Waals surface area contributed by atoms with Crippen molar-refractivity contribution in [2.45, 2.75) is 91.3 Å². The summed E-state index contributed by atoms with van der Waals surface area (Å²) in [7, 11) is 1.93. The van der Waals surface area contributed by atoms with Crippen molar-refractivity contribution in [2.24, 2.45) is 51.8 Å². The monoisotopic (exact) mass is 388 g/mol. The molecule has 0 aromatic rings. The Kier molecular flexibility index (Phi) is 3.93. The van der Waals surface area contributed by atoms with E-state index in [1.165, 1.54) is 25.7 Å². The minimum Gasteiger partial charge on any atom is -0.390 e. The smallest absolute Gasteiger partial charge is 0.137 e. The molecule has 0 heterocycles. The molecule has 0 aromatic heterocycles. The lowest BCUT2D eigenvalue weighted by Crippen LogP contribution is -2.57. The highest BCUT2D eigenvalue weighted by atomic mass is 16.5. The van der Waals surface area contributed by atoms with E-state index in [-0.39, 0.29) is 17.3 Å². The van der Waals surface area contributed by atoms with Gasteiger partial charge in [0.2, 0.25) is 0 Å². The maximum Gasteiger partial charge on any atom is 0.137 e. The average Bonchev–Trinajstić information content (AvgIpc) is 3.17. The van der Waals surface area contributed by atoms with Crippen molar-refractivity contribution in [3.63, 3.8) is 0 Å². The van der Waals surface area contributed by atoms with Crippen molar-refractivity contribution >= 4 is 5.78 Å². The molecule has 1 spiro atoms. The largest absolute Gasteiger partial charge is 0.390 e. The van der Waals surface area contributed by atoms with Crippen LogP contribution >= 0.6 is 0 Å². The lowest BCUT2D eigenvalue weighted by Gasteiger charge is -2.60. The molecular weight excluding hydrogens is 348 g/mol. The number of fused-ring (bicyclic) bond motifs is 4. The number of ketones is 1. The van der Waals surface area contributed by atoms with Crippen molar-refractivity contribution in [1.29, 1.82) is 0 Å². The summed E-state index contributed by atoms with van der Waals surface area (Å²) in [5.74, 6) is 3.16. The first-order valence-corrected chi connectivity index (χ1v) is 11.8. The third-order valence-corrected chi connectivity index (χ3v) is 11.4. The molecule has 0 bridgehead atoms. The van der Waals surface area contributed by atoms with Gasteiger partial charge in [0.15, 0.2) is 0 Å². The number of hydrogen-bond acceptors (Lipinski definition) is 3. The normalized spacial score (nSPS) is 55.9. The zero-order chi connectivity index (χ0) is 20.3. The van der Waals surface area contributed by atoms with Gasteiger partial charge in [-0.3, -0.25) is 4.79 Å². The van der Waals surface area contributed by atoms with E-state index in [0.29, 0.717) is 34.6 Å². The number of aliphatic hydroxyl groups is 1. The first-order chi connectivity index (χ1) is 13.0. The predicted octanol–water partition coefficient (Wildman–Crippen LogP) is 4.86. The van der Waals surface area contributed by atoms with E-state index in [2.05, 4.69) is 20.8 Å². The highest BCUT2D eigenvalue weighted by Gasteiger charge is 2.77. The molecule has 0 unspecified atom stereocenters. The lowest BCUT2D eigenvalue weighted by molar-refractivity contribution is -0.164. The number of rotatable bonds is 3. The van der Waals surface area contributed by atoms with E-state index < -0.39 is 5.60 Å². The Labute approximate surface area is 171 Å². The predicted molar refractivity (Wildman–Crippen MR) is 110 cm³/mol. The molecule has 0 saturated heterocycles. The molecule has 0 amide bonds. The third kappa shape index (κ3) is 2.11. The summed E-state index contributed by atoms with van der Waals surface area (Å²) in [6.45, 7) is 10.8. The van der Waals surface area contributed by atoms with Gasteiger partial charge in [-0.05, 0) is 92.8 Å². The van der Waals surface area contributed by atoms with E-state index in [1.807, 2.05) is 21.0 Å². The van der Waals surface area contributed by atoms with E-state index in [0.717, 1.165) is 31.1 Å². The number of ether oxygens (including phenoxy) is 1. The topological polar surface area (TPSA) is 46.5 Å². The molecule has 5 rings (SSSR count). The number of carbonyl (C=O) groups excluding carboxylic acids is 1. The zero-order valence-electron chi connectivity index (χ0n) is 18.8. The second-order valence-electron chi connectivity index (χ2n) is 12.4. The van der Waals surface area contributed by atoms with Crippen LogP contribution in [0.3, 0.4) is 0 Å². The maximum atomic E-state index is 13.3. The second kappa shape index (κ2) is 5.63. The Balaban J connectivity index is 1.51. The fourth-order valence-corrected chi connectivity index (χ4v) is 9.67. The molecule has 28 heavy (non-hydrogen) atoms. The molecule has 5 aliphatic carbocycles. The summed E-state index contributed by atoms with van der Waals surface area (Å²) in [6, 6.07) is 0. The Bertz CT molecular complexity index is 694. The van der Waals surface area contributed by atoms with Crippen molar-refractivity contribution in [2.75, 3.05) is 7.11 Å². The van der Waals surface area contributed by atoms with Gasteiger partial charge in [-0.15, -0.1) is 0 Å². The first kappa shape index (κ1) is 19.5. The average molecular weight is 389 g/mol. The molecule has 3 nitrogen and oxygen atoms in total. The molecule has 0 aromatic carbocycles. The summed E-state index contributed by atoms with van der Waals surface area (Å²) in [5, 5.41) is 10.7. The van der Waals surface area contributed by atoms with Gasteiger partial charge < -0.3 is 9.84 Å². The van der Waals surface area contributed by atoms with Crippen LogP contribution in [0, 0.1) is 51.8 Å². The van der Waals surface area contributed by atoms with Crippen molar-refractivity contribution < 1.29 is 14.6 Å². The summed E-state index contributed by atoms with van der Waals surface area (Å²) in [5.41, 5.74) is 0.0858. The Morgan fingerprint density at radius 1 is 1.18 bits per heavy atom. The van der Waals surface area contributed by atoms with Gasteiger partial charge in [-0.25, -0.2) is 0 Å². The van der Waals surface area contributed by atoms with E-state index in [4.69, 9.17) is 4.74 Å². The van der Waals surface area contributed by atoms with Crippen LogP contribution in [0.25, 0.3) is 0 Å². The quantitative estimate of drug-likeness (QED) is 0.751. The molecule has 0 aliphatic heterocycles. The summed E-state index contributed by atoms with van der Waals surface area (Å²) in [6.07, 6.45) is 8.82. The molecule has 5 fully saturated rings. The minimum absolute atomic E-state index is 0.000360. The van der Waals surface area contributed by atoms with E-state index in [9.17, 15) is 9.90 Å². The molecule has 3 heteroatoms. The number of Topliss-reactive ketones (excluding diaryl/α,β-unsaturated/α-hetero) is 1. The highest BCUT2D eigenvalue weighted by molar-refractivity contribution is 5.85. The van der Waals surface area contributed by atoms with Crippen molar-refractivity contribution in [3.05, 3.63) is 0 Å². The Morgan fingerprint density at radius 3 is 2.50 bits per heavy atom. The SMILES string of the molecule is CO[C@@H]1C[C@H]2[C@@H]3CC(=O)[C@@H]([C@H](C)C(C)(C)O)[C@@]3(C)CC[C@@H]2[C@@]2(C)CC[C@@H]3C[C@]312. The van der Waals surface area contributed by atoms with Crippen LogP contribution < -0.4 is 0 Å². The molecule has 0 radical (unpaired) electrons. The van der Waals surface area contributed by atoms with Crippen LogP contribution in [-0.2, 0) is 9.53 Å². The summed E-state index contributed by atoms with van der Waals surface area (Å²) in [4.78, 5) is 13.3. The maximum absolute atomic E-state index is 13.3. The fraction of sp³-hybridized carbons (Fsp3) is 0.960. The Hall–Kier alpha value is -0.410. The van der Waals surface area contributed by atoms with Crippen LogP contribution in [0.4, 0.5) is 0 Å². The van der Waals surface area contributed by atoms with Crippen LogP contribution in [0.1, 0.15) is 79.6 Å². The van der Waals surface area contributed by atoms with Crippen LogP contribution in [0.5, 0.6) is 0 Å². The summed E-state index contributed by atoms with van der Waals surface area (Å²) < 4.78 is 6.18. The van der Waals surface area contributed by atoms with Gasteiger partial charge >= 0.3 is 0 Å². The van der Waals surface area contributed by atoms with Crippen LogP contribution in [0.15, 0.2) is 0 Å². The van der Waals surface area contributed by atoms with Gasteiger partial charge in [0.1, 0.15) is 5.78 Å². The minimum atomic E-state index is -0.806. The van der Waals surface area contributed by atoms with Gasteiger partial charge in [0.05, 0.1) is 11.7 Å². The van der Waals surface area contributed by atoms with Crippen molar-refractivity contribution in [1.82, 2.24) is 0 Å². The third-order valence-electron chi connectivity index (χ3n) is 11.4. The fourth-order valence-electron chi connectivity index (χ4n) is 9.67. The van der Waals surface area contributed by atoms with Gasteiger partial charge in [-0.2, -0.15) is 0 Å². The molecule has 10 atom stereocenters. The standard InChI is InChI=1S/C25H40O3/c1-14(22(2,3)27)21-19(26)12-18-16-11-20(28-6)25-13-15(25)7-10-24(25,5)17(16)8-9-23(18,21)4/h14-18,20-21,27H,7-13H2,1-6H3/t14-,15+,16+,17-,18-,20+,21+,23-,24+,25-/m0/s1. The van der Waals surface area contributed by atoms with E-state index in [1.54, 1.807) is 0 Å². The molecule has 158 valence electrons. The Morgan fingerprint density at radius 2 is 1.89 bits per heavy atom. The first-order valence-electron chi connectivity index (χ1n) is 11.8. The van der Waals surface area contributed by atoms with Gasteiger partial charge in [0.25, 0.3) is 0 Å². The highest BCUT2D eigenvalue weighted by Crippen LogP contribution is 2.82. The molecular formula is C25H40O3. The van der Waals surface area contributed by atoms with Gasteiger partial charge in [0, 0.05) is 24.9 Å². The van der Waals surface area contributed by atoms with Gasteiger partial charge in [-0.1, -0.05) is 20.8 Å². The lowest BCUT2D eigenvalue weighted by atomic mass is 9.45.